The van der Waals surface area contributed by atoms with Gasteiger partial charge < -0.3 is 4.74 Å². The van der Waals surface area contributed by atoms with Gasteiger partial charge in [-0.3, -0.25) is 14.5 Å². The van der Waals surface area contributed by atoms with Crippen LogP contribution in [0.3, 0.4) is 0 Å². The second-order valence-electron chi connectivity index (χ2n) is 8.15. The van der Waals surface area contributed by atoms with Crippen molar-refractivity contribution in [3.63, 3.8) is 0 Å². The van der Waals surface area contributed by atoms with Crippen molar-refractivity contribution >= 4 is 23.5 Å². The summed E-state index contributed by atoms with van der Waals surface area (Å²) in [6.45, 7) is 3.87. The molecule has 1 aliphatic heterocycles. The van der Waals surface area contributed by atoms with E-state index in [0.717, 1.165) is 17.5 Å². The van der Waals surface area contributed by atoms with Gasteiger partial charge in [0.2, 0.25) is 11.8 Å². The molecular weight excluding hydrogens is 366 g/mol. The smallest absolute Gasteiger partial charge is 0.343 e. The first-order valence-electron chi connectivity index (χ1n) is 9.90. The molecule has 4 unspecified atom stereocenters. The monoisotopic (exact) mass is 387 g/mol. The Morgan fingerprint density at radius 2 is 1.55 bits per heavy atom. The third kappa shape index (κ3) is 2.64. The number of ether oxygens (including phenoxy) is 1. The zero-order valence-electron chi connectivity index (χ0n) is 16.3. The average Bonchev–Trinajstić information content (AvgIpc) is 3.39. The van der Waals surface area contributed by atoms with Crippen molar-refractivity contribution in [3.8, 4) is 5.75 Å². The lowest BCUT2D eigenvalue weighted by molar-refractivity contribution is -0.123. The van der Waals surface area contributed by atoms with E-state index < -0.39 is 5.97 Å². The Kier molecular flexibility index (Phi) is 3.95. The number of anilines is 1. The number of hydrogen-bond donors (Lipinski definition) is 0. The number of allylic oxidation sites excluding steroid dienone is 2. The first-order chi connectivity index (χ1) is 14.0. The average molecular weight is 387 g/mol. The van der Waals surface area contributed by atoms with Crippen LogP contribution < -0.4 is 9.64 Å². The van der Waals surface area contributed by atoms with Gasteiger partial charge in [-0.1, -0.05) is 24.3 Å². The topological polar surface area (TPSA) is 63.7 Å². The van der Waals surface area contributed by atoms with Gasteiger partial charge in [-0.05, 0) is 73.6 Å². The van der Waals surface area contributed by atoms with Crippen molar-refractivity contribution < 1.29 is 19.1 Å². The lowest BCUT2D eigenvalue weighted by atomic mass is 9.85. The van der Waals surface area contributed by atoms with Crippen LogP contribution in [0.4, 0.5) is 5.69 Å². The standard InChI is InChI=1S/C24H21NO4/c1-13-4-3-5-19(14(13)2)29-24(28)15-8-10-18(11-9-15)25-22(26)20-16-6-7-17(12-16)21(20)23(25)27/h3-11,16-17,20-21H,12H2,1-2H3. The molecule has 5 heteroatoms. The Morgan fingerprint density at radius 3 is 2.17 bits per heavy atom. The summed E-state index contributed by atoms with van der Waals surface area (Å²) in [5, 5.41) is 0. The molecule has 0 aromatic heterocycles. The van der Waals surface area contributed by atoms with Gasteiger partial charge in [0.25, 0.3) is 0 Å². The second-order valence-corrected chi connectivity index (χ2v) is 8.15. The molecule has 2 fully saturated rings. The fourth-order valence-corrected chi connectivity index (χ4v) is 4.90. The molecule has 2 aromatic carbocycles. The Labute approximate surface area is 169 Å². The molecule has 2 aliphatic carbocycles. The SMILES string of the molecule is Cc1cccc(OC(=O)c2ccc(N3C(=O)C4C5C=CC(C5)C4C3=O)cc2)c1C. The van der Waals surface area contributed by atoms with Gasteiger partial charge in [0, 0.05) is 0 Å². The Bertz CT molecular complexity index is 1040. The number of aryl methyl sites for hydroxylation is 1. The molecule has 1 saturated carbocycles. The number of nitrogens with zero attached hydrogens (tertiary/aromatic N) is 1. The van der Waals surface area contributed by atoms with Gasteiger partial charge in [-0.25, -0.2) is 4.79 Å². The molecule has 5 nitrogen and oxygen atoms in total. The summed E-state index contributed by atoms with van der Waals surface area (Å²) in [6, 6.07) is 12.1. The summed E-state index contributed by atoms with van der Waals surface area (Å²) < 4.78 is 5.52. The lowest BCUT2D eigenvalue weighted by Crippen LogP contribution is -2.32. The number of carbonyl (C=O) groups excluding carboxylic acids is 3. The van der Waals surface area contributed by atoms with Crippen molar-refractivity contribution in [1.29, 1.82) is 0 Å². The van der Waals surface area contributed by atoms with Gasteiger partial charge in [0.15, 0.2) is 0 Å². The summed E-state index contributed by atoms with van der Waals surface area (Å²) in [7, 11) is 0. The highest BCUT2D eigenvalue weighted by Crippen LogP contribution is 2.53. The highest BCUT2D eigenvalue weighted by molar-refractivity contribution is 6.22. The molecule has 4 atom stereocenters. The summed E-state index contributed by atoms with van der Waals surface area (Å²) in [4.78, 5) is 39.6. The van der Waals surface area contributed by atoms with Gasteiger partial charge in [0.1, 0.15) is 5.75 Å². The first kappa shape index (κ1) is 17.9. The van der Waals surface area contributed by atoms with E-state index in [0.29, 0.717) is 17.0 Å². The van der Waals surface area contributed by atoms with Crippen molar-refractivity contribution in [3.05, 3.63) is 71.3 Å². The summed E-state index contributed by atoms with van der Waals surface area (Å²) in [5.41, 5.74) is 2.85. The summed E-state index contributed by atoms with van der Waals surface area (Å²) in [5.74, 6) is -0.289. The van der Waals surface area contributed by atoms with Crippen molar-refractivity contribution in [2.24, 2.45) is 23.7 Å². The lowest BCUT2D eigenvalue weighted by Gasteiger charge is -2.17. The zero-order chi connectivity index (χ0) is 20.3. The number of carbonyl (C=O) groups is 3. The zero-order valence-corrected chi connectivity index (χ0v) is 16.3. The van der Waals surface area contributed by atoms with E-state index in [1.54, 1.807) is 30.3 Å². The fourth-order valence-electron chi connectivity index (χ4n) is 4.90. The van der Waals surface area contributed by atoms with Crippen LogP contribution in [-0.2, 0) is 9.59 Å². The molecular formula is C24H21NO4. The number of amides is 2. The minimum Gasteiger partial charge on any atom is -0.423 e. The largest absolute Gasteiger partial charge is 0.423 e. The molecule has 5 rings (SSSR count). The van der Waals surface area contributed by atoms with E-state index >= 15 is 0 Å². The van der Waals surface area contributed by atoms with Gasteiger partial charge in [-0.15, -0.1) is 0 Å². The van der Waals surface area contributed by atoms with Crippen molar-refractivity contribution in [1.82, 2.24) is 0 Å². The molecule has 1 heterocycles. The second kappa shape index (κ2) is 6.41. The van der Waals surface area contributed by atoms with E-state index in [-0.39, 0.29) is 35.5 Å². The number of benzene rings is 2. The molecule has 29 heavy (non-hydrogen) atoms. The number of imide groups is 1. The molecule has 0 radical (unpaired) electrons. The number of hydrogen-bond acceptors (Lipinski definition) is 4. The van der Waals surface area contributed by atoms with E-state index in [1.165, 1.54) is 4.90 Å². The third-order valence-corrected chi connectivity index (χ3v) is 6.59. The quantitative estimate of drug-likeness (QED) is 0.347. The van der Waals surface area contributed by atoms with Crippen molar-refractivity contribution in [2.45, 2.75) is 20.3 Å². The van der Waals surface area contributed by atoms with Crippen LogP contribution in [-0.4, -0.2) is 17.8 Å². The van der Waals surface area contributed by atoms with Crippen LogP contribution in [0.2, 0.25) is 0 Å². The van der Waals surface area contributed by atoms with E-state index in [9.17, 15) is 14.4 Å². The maximum Gasteiger partial charge on any atom is 0.343 e. The van der Waals surface area contributed by atoms with E-state index in [4.69, 9.17) is 4.74 Å². The van der Waals surface area contributed by atoms with E-state index in [1.807, 2.05) is 26.0 Å². The number of rotatable bonds is 3. The van der Waals surface area contributed by atoms with Crippen LogP contribution in [0.1, 0.15) is 27.9 Å². The molecule has 2 aromatic rings. The first-order valence-corrected chi connectivity index (χ1v) is 9.90. The summed E-state index contributed by atoms with van der Waals surface area (Å²) >= 11 is 0. The summed E-state index contributed by atoms with van der Waals surface area (Å²) in [6.07, 6.45) is 5.06. The minimum atomic E-state index is -0.469. The van der Waals surface area contributed by atoms with E-state index in [2.05, 4.69) is 12.2 Å². The predicted octanol–water partition coefficient (Wildman–Crippen LogP) is 3.83. The van der Waals surface area contributed by atoms with Gasteiger partial charge >= 0.3 is 5.97 Å². The van der Waals surface area contributed by atoms with Crippen LogP contribution >= 0.6 is 0 Å². The van der Waals surface area contributed by atoms with Crippen LogP contribution in [0, 0.1) is 37.5 Å². The maximum absolute atomic E-state index is 12.9. The molecule has 0 N–H and O–H groups in total. The molecule has 2 bridgehead atoms. The Morgan fingerprint density at radius 1 is 0.931 bits per heavy atom. The van der Waals surface area contributed by atoms with Crippen molar-refractivity contribution in [2.75, 3.05) is 4.90 Å². The number of esters is 1. The molecule has 2 amide bonds. The molecule has 146 valence electrons. The van der Waals surface area contributed by atoms with Crippen LogP contribution in [0.15, 0.2) is 54.6 Å². The predicted molar refractivity (Wildman–Crippen MR) is 108 cm³/mol. The normalized spacial score (nSPS) is 26.9. The molecule has 0 spiro atoms. The maximum atomic E-state index is 12.9. The van der Waals surface area contributed by atoms with Gasteiger partial charge in [-0.2, -0.15) is 0 Å². The van der Waals surface area contributed by atoms with Gasteiger partial charge in [0.05, 0.1) is 23.1 Å². The fraction of sp³-hybridized carbons (Fsp3) is 0.292. The highest BCUT2D eigenvalue weighted by Gasteiger charge is 2.59. The van der Waals surface area contributed by atoms with Crippen LogP contribution in [0.25, 0.3) is 0 Å². The Hall–Kier alpha value is -3.21. The minimum absolute atomic E-state index is 0.123. The molecule has 1 saturated heterocycles. The number of fused-ring (bicyclic) bond motifs is 5. The third-order valence-electron chi connectivity index (χ3n) is 6.59. The Balaban J connectivity index is 1.36. The molecule has 3 aliphatic rings. The van der Waals surface area contributed by atoms with Crippen LogP contribution in [0.5, 0.6) is 5.75 Å². The highest BCUT2D eigenvalue weighted by atomic mass is 16.5.